The summed E-state index contributed by atoms with van der Waals surface area (Å²) in [6.45, 7) is 5.61. The Morgan fingerprint density at radius 1 is 1.50 bits per heavy atom. The summed E-state index contributed by atoms with van der Waals surface area (Å²) in [5.41, 5.74) is 0.783. The van der Waals surface area contributed by atoms with Crippen molar-refractivity contribution in [2.75, 3.05) is 10.2 Å². The van der Waals surface area contributed by atoms with Gasteiger partial charge < -0.3 is 14.8 Å². The minimum atomic E-state index is -2.04. The molecule has 0 aromatic carbocycles. The Morgan fingerprint density at radius 3 is 2.64 bits per heavy atom. The Morgan fingerprint density at radius 2 is 2.14 bits per heavy atom. The van der Waals surface area contributed by atoms with E-state index in [0.29, 0.717) is 10.2 Å². The van der Waals surface area contributed by atoms with Crippen molar-refractivity contribution in [3.05, 3.63) is 11.3 Å². The second-order valence-electron chi connectivity index (χ2n) is 5.92. The first-order valence-electron chi connectivity index (χ1n) is 6.61. The molecule has 0 saturated carbocycles. The van der Waals surface area contributed by atoms with Crippen molar-refractivity contribution in [1.82, 2.24) is 10.2 Å². The summed E-state index contributed by atoms with van der Waals surface area (Å²) in [5, 5.41) is 11.5. The van der Waals surface area contributed by atoms with Gasteiger partial charge in [-0.1, -0.05) is 22.6 Å². The van der Waals surface area contributed by atoms with E-state index in [0.717, 1.165) is 5.57 Å². The summed E-state index contributed by atoms with van der Waals surface area (Å²) in [4.78, 5) is 36.7. The van der Waals surface area contributed by atoms with Gasteiger partial charge in [-0.15, -0.1) is 11.8 Å². The molecule has 2 rings (SSSR count). The normalized spacial score (nSPS) is 24.5. The summed E-state index contributed by atoms with van der Waals surface area (Å²) in [6, 6.07) is -0.723. The van der Waals surface area contributed by atoms with Gasteiger partial charge in [0.05, 0.1) is 0 Å². The summed E-state index contributed by atoms with van der Waals surface area (Å²) in [7, 11) is -2.04. The molecule has 22 heavy (non-hydrogen) atoms. The number of fused-ring (bicyclic) bond motifs is 1. The molecule has 1 unspecified atom stereocenters. The number of aliphatic carboxylic acids is 1. The zero-order valence-corrected chi connectivity index (χ0v) is 16.4. The highest BCUT2D eigenvalue weighted by Crippen LogP contribution is 2.40. The van der Waals surface area contributed by atoms with Crippen LogP contribution in [0.1, 0.15) is 0 Å². The number of amides is 2. The molecule has 2 atom stereocenters. The molecule has 122 valence electrons. The molecule has 2 aliphatic rings. The van der Waals surface area contributed by atoms with Crippen LogP contribution < -0.4 is 5.32 Å². The average molecular weight is 456 g/mol. The lowest BCUT2D eigenvalue weighted by molar-refractivity contribution is -0.148. The summed E-state index contributed by atoms with van der Waals surface area (Å²) >= 11 is 3.54. The van der Waals surface area contributed by atoms with Crippen LogP contribution in [0.2, 0.25) is 19.6 Å². The van der Waals surface area contributed by atoms with Crippen LogP contribution in [0.5, 0.6) is 0 Å². The van der Waals surface area contributed by atoms with Gasteiger partial charge in [0.1, 0.15) is 17.1 Å². The molecule has 2 amide bonds. The topological polar surface area (TPSA) is 95.9 Å². The third-order valence-corrected chi connectivity index (χ3v) is 6.14. The standard InChI is InChI=1S/C12H17IN2O5SSi/c1-22(2,3)20-12(19)14-7-9(16)15-8(11(17)18)6(4-13)5-21-10(7)15/h7,10H,4-5H2,1-3H3,(H,14,19)(H,17,18)/t7?,10-/m0/s1. The number of carbonyl (C=O) groups is 3. The first-order chi connectivity index (χ1) is 10.2. The number of hydrogen-bond acceptors (Lipinski definition) is 5. The number of hydrogen-bond donors (Lipinski definition) is 2. The van der Waals surface area contributed by atoms with Gasteiger partial charge >= 0.3 is 12.1 Å². The molecule has 2 heterocycles. The van der Waals surface area contributed by atoms with E-state index >= 15 is 0 Å². The number of β-lactam (4-membered cyclic amide) rings is 1. The number of alkyl halides is 1. The third kappa shape index (κ3) is 3.43. The van der Waals surface area contributed by atoms with Crippen molar-refractivity contribution in [2.45, 2.75) is 31.1 Å². The number of nitrogens with one attached hydrogen (secondary N) is 1. The molecule has 0 aliphatic carbocycles. The van der Waals surface area contributed by atoms with Crippen molar-refractivity contribution in [1.29, 1.82) is 0 Å². The third-order valence-electron chi connectivity index (χ3n) is 3.08. The van der Waals surface area contributed by atoms with Gasteiger partial charge in [0.15, 0.2) is 0 Å². The van der Waals surface area contributed by atoms with Gasteiger partial charge in [-0.2, -0.15) is 0 Å². The Hall–Kier alpha value is -0.753. The lowest BCUT2D eigenvalue weighted by Gasteiger charge is -2.49. The predicted molar refractivity (Wildman–Crippen MR) is 93.4 cm³/mol. The maximum Gasteiger partial charge on any atom is 0.394 e. The fourth-order valence-corrected chi connectivity index (χ4v) is 5.18. The number of carboxylic acids is 1. The van der Waals surface area contributed by atoms with Crippen LogP contribution in [0.4, 0.5) is 4.79 Å². The molecular formula is C12H17IN2O5SSi. The largest absolute Gasteiger partial charge is 0.504 e. The quantitative estimate of drug-likeness (QED) is 0.289. The SMILES string of the molecule is C[Si](C)(C)OC(=O)NC1C(=O)N2C(C(=O)O)=C(CI)CS[C@@H]12. The highest BCUT2D eigenvalue weighted by molar-refractivity contribution is 14.1. The molecule has 1 fully saturated rings. The first kappa shape index (κ1) is 17.6. The Kier molecular flexibility index (Phi) is 5.12. The smallest absolute Gasteiger partial charge is 0.394 e. The molecule has 0 spiro atoms. The van der Waals surface area contributed by atoms with Crippen molar-refractivity contribution >= 4 is 60.6 Å². The van der Waals surface area contributed by atoms with E-state index in [2.05, 4.69) is 27.9 Å². The summed E-state index contributed by atoms with van der Waals surface area (Å²) in [5.74, 6) is -0.960. The van der Waals surface area contributed by atoms with Crippen molar-refractivity contribution < 1.29 is 23.9 Å². The molecule has 7 nitrogen and oxygen atoms in total. The minimum Gasteiger partial charge on any atom is -0.504 e. The van der Waals surface area contributed by atoms with Crippen molar-refractivity contribution in [2.24, 2.45) is 0 Å². The number of nitrogens with zero attached hydrogens (tertiary/aromatic N) is 1. The molecular weight excluding hydrogens is 439 g/mol. The molecule has 2 aliphatic heterocycles. The van der Waals surface area contributed by atoms with Crippen LogP contribution in [0.3, 0.4) is 0 Å². The molecule has 1 saturated heterocycles. The molecule has 2 N–H and O–H groups in total. The number of carbonyl (C=O) groups excluding carboxylic acids is 2. The Bertz CT molecular complexity index is 562. The monoisotopic (exact) mass is 456 g/mol. The maximum atomic E-state index is 12.2. The number of thioether (sulfide) groups is 1. The molecule has 0 aromatic rings. The van der Waals surface area contributed by atoms with Crippen LogP contribution >= 0.6 is 34.4 Å². The van der Waals surface area contributed by atoms with Gasteiger partial charge in [-0.25, -0.2) is 9.59 Å². The van der Waals surface area contributed by atoms with Crippen LogP contribution in [-0.2, 0) is 14.0 Å². The van der Waals surface area contributed by atoms with E-state index in [1.54, 1.807) is 0 Å². The lowest BCUT2D eigenvalue weighted by Crippen LogP contribution is -2.70. The van der Waals surface area contributed by atoms with Crippen LogP contribution in [0.25, 0.3) is 0 Å². The van der Waals surface area contributed by atoms with Gasteiger partial charge in [0.2, 0.25) is 8.32 Å². The zero-order chi connectivity index (χ0) is 16.7. The summed E-state index contributed by atoms with van der Waals surface area (Å²) in [6.07, 6.45) is -0.613. The molecule has 10 heteroatoms. The first-order valence-corrected chi connectivity index (χ1v) is 12.6. The van der Waals surface area contributed by atoms with Gasteiger partial charge in [-0.3, -0.25) is 9.69 Å². The summed E-state index contributed by atoms with van der Waals surface area (Å²) < 4.78 is 5.82. The Balaban J connectivity index is 2.10. The Labute approximate surface area is 147 Å². The molecule has 0 radical (unpaired) electrons. The highest BCUT2D eigenvalue weighted by atomic mass is 127. The van der Waals surface area contributed by atoms with Crippen molar-refractivity contribution in [3.63, 3.8) is 0 Å². The van der Waals surface area contributed by atoms with E-state index in [1.807, 2.05) is 19.6 Å². The number of rotatable bonds is 4. The van der Waals surface area contributed by atoms with E-state index < -0.39 is 32.3 Å². The second-order valence-corrected chi connectivity index (χ2v) is 12.2. The van der Waals surface area contributed by atoms with Crippen LogP contribution in [0.15, 0.2) is 11.3 Å². The van der Waals surface area contributed by atoms with E-state index in [-0.39, 0.29) is 11.1 Å². The number of carboxylic acid groups (broad SMARTS) is 1. The van der Waals surface area contributed by atoms with Crippen molar-refractivity contribution in [3.8, 4) is 0 Å². The van der Waals surface area contributed by atoms with E-state index in [1.165, 1.54) is 16.7 Å². The second kappa shape index (κ2) is 6.39. The molecule has 0 bridgehead atoms. The number of halogens is 1. The molecule has 0 aromatic heterocycles. The van der Waals surface area contributed by atoms with Gasteiger partial charge in [0.25, 0.3) is 5.91 Å². The van der Waals surface area contributed by atoms with Gasteiger partial charge in [-0.05, 0) is 25.2 Å². The predicted octanol–water partition coefficient (Wildman–Crippen LogP) is 1.60. The van der Waals surface area contributed by atoms with Crippen LogP contribution in [0, 0.1) is 0 Å². The lowest BCUT2D eigenvalue weighted by atomic mass is 10.0. The van der Waals surface area contributed by atoms with Crippen LogP contribution in [-0.4, -0.2) is 57.9 Å². The van der Waals surface area contributed by atoms with Gasteiger partial charge in [0, 0.05) is 10.2 Å². The van der Waals surface area contributed by atoms with E-state index in [4.69, 9.17) is 4.43 Å². The maximum absolute atomic E-state index is 12.2. The zero-order valence-electron chi connectivity index (χ0n) is 12.4. The fourth-order valence-electron chi connectivity index (χ4n) is 2.22. The highest BCUT2D eigenvalue weighted by Gasteiger charge is 2.54. The minimum absolute atomic E-state index is 0.0553. The van der Waals surface area contributed by atoms with E-state index in [9.17, 15) is 19.5 Å². The fraction of sp³-hybridized carbons (Fsp3) is 0.583. The average Bonchev–Trinajstić information content (AvgIpc) is 2.40.